The summed E-state index contributed by atoms with van der Waals surface area (Å²) < 4.78 is 10.7. The predicted octanol–water partition coefficient (Wildman–Crippen LogP) is 4.39. The molecule has 0 spiro atoms. The number of Topliss-reactive ketones (excluding diaryl/α,β-unsaturated/α-hetero) is 1. The van der Waals surface area contributed by atoms with Gasteiger partial charge in [-0.2, -0.15) is 0 Å². The quantitative estimate of drug-likeness (QED) is 0.588. The molecule has 1 atom stereocenters. The molecule has 1 aliphatic heterocycles. The predicted molar refractivity (Wildman–Crippen MR) is 114 cm³/mol. The number of aliphatic hydroxyl groups is 1. The maximum atomic E-state index is 13.1. The third-order valence-corrected chi connectivity index (χ3v) is 5.41. The van der Waals surface area contributed by atoms with Gasteiger partial charge < -0.3 is 19.2 Å². The van der Waals surface area contributed by atoms with Gasteiger partial charge in [0.05, 0.1) is 18.9 Å². The topological polar surface area (TPSA) is 80.0 Å². The Balaban J connectivity index is 1.60. The van der Waals surface area contributed by atoms with E-state index in [0.29, 0.717) is 17.9 Å². The van der Waals surface area contributed by atoms with Crippen LogP contribution >= 0.6 is 0 Å². The summed E-state index contributed by atoms with van der Waals surface area (Å²) in [5, 5.41) is 10.6. The van der Waals surface area contributed by atoms with Crippen molar-refractivity contribution in [1.29, 1.82) is 0 Å². The first kappa shape index (κ1) is 20.5. The molecule has 0 bridgehead atoms. The smallest absolute Gasteiger partial charge is 0.290 e. The molecule has 0 aliphatic carbocycles. The number of ether oxygens (including phenoxy) is 1. The molecule has 158 valence electrons. The van der Waals surface area contributed by atoms with Crippen molar-refractivity contribution in [3.05, 3.63) is 101 Å². The molecule has 1 unspecified atom stereocenters. The average molecular weight is 417 g/mol. The zero-order valence-electron chi connectivity index (χ0n) is 17.2. The van der Waals surface area contributed by atoms with Gasteiger partial charge in [-0.25, -0.2) is 0 Å². The van der Waals surface area contributed by atoms with Gasteiger partial charge in [-0.1, -0.05) is 42.5 Å². The molecule has 0 saturated heterocycles. The van der Waals surface area contributed by atoms with E-state index in [0.717, 1.165) is 11.1 Å². The number of rotatable bonds is 8. The fourth-order valence-electron chi connectivity index (χ4n) is 3.81. The number of methoxy groups -OCH3 is 1. The van der Waals surface area contributed by atoms with Crippen LogP contribution in [0.4, 0.5) is 0 Å². The van der Waals surface area contributed by atoms with Gasteiger partial charge in [0.25, 0.3) is 5.91 Å². The lowest BCUT2D eigenvalue weighted by molar-refractivity contribution is -0.130. The minimum absolute atomic E-state index is 0.0874. The van der Waals surface area contributed by atoms with Gasteiger partial charge in [-0.15, -0.1) is 0 Å². The molecule has 6 heteroatoms. The summed E-state index contributed by atoms with van der Waals surface area (Å²) in [5.41, 5.74) is 1.95. The highest BCUT2D eigenvalue weighted by molar-refractivity contribution is 6.08. The Bertz CT molecular complexity index is 1080. The van der Waals surface area contributed by atoms with Crippen molar-refractivity contribution >= 4 is 11.7 Å². The van der Waals surface area contributed by atoms with Crippen LogP contribution in [0.5, 0.6) is 5.75 Å². The number of amides is 1. The van der Waals surface area contributed by atoms with Crippen molar-refractivity contribution in [2.45, 2.75) is 25.4 Å². The van der Waals surface area contributed by atoms with Gasteiger partial charge in [0.2, 0.25) is 0 Å². The summed E-state index contributed by atoms with van der Waals surface area (Å²) in [7, 11) is 1.58. The Morgan fingerprint density at radius 3 is 2.42 bits per heavy atom. The molecule has 0 fully saturated rings. The van der Waals surface area contributed by atoms with Crippen molar-refractivity contribution in [2.24, 2.45) is 0 Å². The number of hydrogen-bond donors (Lipinski definition) is 1. The second-order valence-electron chi connectivity index (χ2n) is 7.37. The van der Waals surface area contributed by atoms with E-state index >= 15 is 0 Å². The van der Waals surface area contributed by atoms with Crippen LogP contribution in [-0.4, -0.2) is 28.8 Å². The minimum atomic E-state index is -0.770. The first-order valence-electron chi connectivity index (χ1n) is 10.1. The van der Waals surface area contributed by atoms with Gasteiger partial charge in [-0.05, 0) is 41.8 Å². The zero-order chi connectivity index (χ0) is 21.8. The molecule has 1 amide bonds. The lowest BCUT2D eigenvalue weighted by Crippen LogP contribution is -2.30. The number of ketones is 1. The van der Waals surface area contributed by atoms with E-state index in [1.807, 2.05) is 42.5 Å². The van der Waals surface area contributed by atoms with Gasteiger partial charge in [-0.3, -0.25) is 9.59 Å². The van der Waals surface area contributed by atoms with Crippen LogP contribution < -0.4 is 4.74 Å². The van der Waals surface area contributed by atoms with E-state index in [9.17, 15) is 14.7 Å². The van der Waals surface area contributed by atoms with Crippen LogP contribution in [0, 0.1) is 0 Å². The largest absolute Gasteiger partial charge is 0.503 e. The van der Waals surface area contributed by atoms with Crippen molar-refractivity contribution < 1.29 is 23.8 Å². The average Bonchev–Trinajstić information content (AvgIpc) is 3.41. The first-order valence-corrected chi connectivity index (χ1v) is 10.1. The van der Waals surface area contributed by atoms with E-state index in [1.54, 1.807) is 31.4 Å². The second kappa shape index (κ2) is 8.92. The van der Waals surface area contributed by atoms with Crippen molar-refractivity contribution in [3.63, 3.8) is 0 Å². The Morgan fingerprint density at radius 1 is 1.03 bits per heavy atom. The molecule has 4 rings (SSSR count). The summed E-state index contributed by atoms with van der Waals surface area (Å²) in [6, 6.07) is 19.6. The van der Waals surface area contributed by atoms with Crippen molar-refractivity contribution in [2.75, 3.05) is 7.11 Å². The fraction of sp³-hybridized carbons (Fsp3) is 0.200. The molecule has 2 heterocycles. The van der Waals surface area contributed by atoms with Gasteiger partial charge >= 0.3 is 0 Å². The number of carbonyl (C=O) groups excluding carboxylic acids is 2. The molecule has 31 heavy (non-hydrogen) atoms. The normalized spacial score (nSPS) is 16.1. The molecular weight excluding hydrogens is 394 g/mol. The van der Waals surface area contributed by atoms with E-state index in [-0.39, 0.29) is 24.3 Å². The molecule has 2 aromatic carbocycles. The third-order valence-electron chi connectivity index (χ3n) is 5.41. The molecule has 6 nitrogen and oxygen atoms in total. The molecule has 0 radical (unpaired) electrons. The van der Waals surface area contributed by atoms with Gasteiger partial charge in [0.15, 0.2) is 11.5 Å². The maximum absolute atomic E-state index is 13.1. The lowest BCUT2D eigenvalue weighted by Gasteiger charge is -2.25. The van der Waals surface area contributed by atoms with E-state index < -0.39 is 17.7 Å². The minimum Gasteiger partial charge on any atom is -0.503 e. The summed E-state index contributed by atoms with van der Waals surface area (Å²) in [6.45, 7) is 0.216. The number of furan rings is 1. The summed E-state index contributed by atoms with van der Waals surface area (Å²) >= 11 is 0. The van der Waals surface area contributed by atoms with Crippen molar-refractivity contribution in [3.8, 4) is 5.75 Å². The SMILES string of the molecule is COc1ccc(CN2C(=O)C(O)=C(C(=O)CCc3ccccc3)C2c2ccco2)cc1. The highest BCUT2D eigenvalue weighted by Crippen LogP contribution is 2.39. The van der Waals surface area contributed by atoms with Crippen LogP contribution in [0.2, 0.25) is 0 Å². The Labute approximate surface area is 180 Å². The standard InChI is InChI=1S/C25H23NO5/c1-30-19-12-9-18(10-13-19)16-26-23(21-8-5-15-31-21)22(24(28)25(26)29)20(27)14-11-17-6-3-2-4-7-17/h2-10,12-13,15,23,28H,11,14,16H2,1H3. The number of aliphatic hydroxyl groups excluding tert-OH is 1. The van der Waals surface area contributed by atoms with E-state index in [2.05, 4.69) is 0 Å². The third kappa shape index (κ3) is 4.23. The monoisotopic (exact) mass is 417 g/mol. The molecule has 3 aromatic rings. The van der Waals surface area contributed by atoms with Crippen molar-refractivity contribution in [1.82, 2.24) is 4.90 Å². The van der Waals surface area contributed by atoms with E-state index in [4.69, 9.17) is 9.15 Å². The first-order chi connectivity index (χ1) is 15.1. The van der Waals surface area contributed by atoms with Gasteiger partial charge in [0.1, 0.15) is 17.6 Å². The Hall–Kier alpha value is -3.80. The maximum Gasteiger partial charge on any atom is 0.290 e. The molecule has 0 saturated carbocycles. The number of benzene rings is 2. The number of aryl methyl sites for hydroxylation is 1. The zero-order valence-corrected chi connectivity index (χ0v) is 17.2. The fourth-order valence-corrected chi connectivity index (χ4v) is 3.81. The molecular formula is C25H23NO5. The van der Waals surface area contributed by atoms with E-state index in [1.165, 1.54) is 11.2 Å². The van der Waals surface area contributed by atoms with Crippen LogP contribution in [0.25, 0.3) is 0 Å². The van der Waals surface area contributed by atoms with Crippen LogP contribution in [0.15, 0.2) is 88.7 Å². The Kier molecular flexibility index (Phi) is 5.89. The Morgan fingerprint density at radius 2 is 1.77 bits per heavy atom. The molecule has 1 aliphatic rings. The van der Waals surface area contributed by atoms with Crippen LogP contribution in [0.1, 0.15) is 29.3 Å². The van der Waals surface area contributed by atoms with Gasteiger partial charge in [0, 0.05) is 13.0 Å². The number of hydrogen-bond acceptors (Lipinski definition) is 5. The van der Waals surface area contributed by atoms with Crippen LogP contribution in [0.3, 0.4) is 0 Å². The summed E-state index contributed by atoms with van der Waals surface area (Å²) in [6.07, 6.45) is 2.20. The molecule has 1 aromatic heterocycles. The summed E-state index contributed by atoms with van der Waals surface area (Å²) in [5.74, 6) is -0.215. The summed E-state index contributed by atoms with van der Waals surface area (Å²) in [4.78, 5) is 27.5. The van der Waals surface area contributed by atoms with Crippen LogP contribution in [-0.2, 0) is 22.6 Å². The highest BCUT2D eigenvalue weighted by Gasteiger charge is 2.44. The highest BCUT2D eigenvalue weighted by atomic mass is 16.5. The number of carbonyl (C=O) groups is 2. The number of nitrogens with zero attached hydrogens (tertiary/aromatic N) is 1. The molecule has 1 N–H and O–H groups in total. The lowest BCUT2D eigenvalue weighted by atomic mass is 9.96. The second-order valence-corrected chi connectivity index (χ2v) is 7.37.